The Kier molecular flexibility index (Phi) is 4.61. The van der Waals surface area contributed by atoms with E-state index >= 15 is 0 Å². The molecule has 19 heavy (non-hydrogen) atoms. The first-order valence-electron chi connectivity index (χ1n) is 7.47. The van der Waals surface area contributed by atoms with Crippen LogP contribution < -0.4 is 0 Å². The van der Waals surface area contributed by atoms with Crippen molar-refractivity contribution in [3.8, 4) is 6.07 Å². The first kappa shape index (κ1) is 14.1. The number of hydrogen-bond donors (Lipinski definition) is 0. The molecule has 1 aliphatic rings. The van der Waals surface area contributed by atoms with Crippen LogP contribution in [-0.4, -0.2) is 23.5 Å². The normalized spacial score (nSPS) is 27.2. The van der Waals surface area contributed by atoms with Crippen LogP contribution in [-0.2, 0) is 0 Å². The number of hydrogen-bond acceptors (Lipinski definition) is 2. The van der Waals surface area contributed by atoms with Crippen LogP contribution >= 0.6 is 0 Å². The Bertz CT molecular complexity index is 420. The largest absolute Gasteiger partial charge is 0.286 e. The average molecular weight is 256 g/mol. The van der Waals surface area contributed by atoms with Crippen molar-refractivity contribution in [2.24, 2.45) is 0 Å². The van der Waals surface area contributed by atoms with Crippen molar-refractivity contribution in [1.82, 2.24) is 4.90 Å². The van der Waals surface area contributed by atoms with Crippen molar-refractivity contribution in [3.05, 3.63) is 35.9 Å². The van der Waals surface area contributed by atoms with Gasteiger partial charge in [0.25, 0.3) is 0 Å². The summed E-state index contributed by atoms with van der Waals surface area (Å²) in [7, 11) is 0. The number of rotatable bonds is 4. The Hall–Kier alpha value is -1.33. The maximum Gasteiger partial charge on any atom is 0.109 e. The molecule has 1 fully saturated rings. The van der Waals surface area contributed by atoms with Gasteiger partial charge < -0.3 is 0 Å². The lowest BCUT2D eigenvalue weighted by molar-refractivity contribution is 0.103. The standard InChI is InChI=1S/C17H24N2/c1-3-19(4-2)17(14-18)12-10-16(11-13-17)15-8-6-5-7-9-15/h5-9,16H,3-4,10-13H2,1-2H3. The van der Waals surface area contributed by atoms with E-state index in [9.17, 15) is 5.26 Å². The average Bonchev–Trinajstić information content (AvgIpc) is 2.50. The molecule has 1 aliphatic carbocycles. The summed E-state index contributed by atoms with van der Waals surface area (Å²) in [5.41, 5.74) is 1.22. The van der Waals surface area contributed by atoms with Gasteiger partial charge in [-0.3, -0.25) is 4.90 Å². The van der Waals surface area contributed by atoms with Gasteiger partial charge in [-0.05, 0) is 50.3 Å². The lowest BCUT2D eigenvalue weighted by atomic mass is 9.74. The smallest absolute Gasteiger partial charge is 0.109 e. The third kappa shape index (κ3) is 2.82. The molecule has 0 spiro atoms. The lowest BCUT2D eigenvalue weighted by Gasteiger charge is -2.42. The van der Waals surface area contributed by atoms with Crippen LogP contribution in [0.3, 0.4) is 0 Å². The minimum Gasteiger partial charge on any atom is -0.286 e. The molecule has 0 aliphatic heterocycles. The number of nitriles is 1. The van der Waals surface area contributed by atoms with E-state index in [1.54, 1.807) is 0 Å². The Morgan fingerprint density at radius 1 is 1.16 bits per heavy atom. The van der Waals surface area contributed by atoms with Crippen LogP contribution in [0.15, 0.2) is 30.3 Å². The second kappa shape index (κ2) is 6.21. The molecule has 0 radical (unpaired) electrons. The van der Waals surface area contributed by atoms with Crippen LogP contribution in [0.2, 0.25) is 0 Å². The first-order chi connectivity index (χ1) is 9.25. The molecule has 2 nitrogen and oxygen atoms in total. The van der Waals surface area contributed by atoms with Gasteiger partial charge in [-0.15, -0.1) is 0 Å². The molecule has 0 bridgehead atoms. The Morgan fingerprint density at radius 3 is 2.21 bits per heavy atom. The highest BCUT2D eigenvalue weighted by Gasteiger charge is 2.39. The van der Waals surface area contributed by atoms with Crippen molar-refractivity contribution in [2.75, 3.05) is 13.1 Å². The molecule has 102 valence electrons. The van der Waals surface area contributed by atoms with E-state index in [-0.39, 0.29) is 5.54 Å². The fourth-order valence-corrected chi connectivity index (χ4v) is 3.48. The van der Waals surface area contributed by atoms with Gasteiger partial charge in [-0.1, -0.05) is 44.2 Å². The molecule has 0 saturated heterocycles. The van der Waals surface area contributed by atoms with E-state index in [4.69, 9.17) is 0 Å². The lowest BCUT2D eigenvalue weighted by Crippen LogP contribution is -2.49. The topological polar surface area (TPSA) is 27.0 Å². The third-order valence-corrected chi connectivity index (χ3v) is 4.66. The minimum atomic E-state index is -0.214. The van der Waals surface area contributed by atoms with Crippen LogP contribution in [0.4, 0.5) is 0 Å². The van der Waals surface area contributed by atoms with E-state index in [1.165, 1.54) is 5.56 Å². The van der Waals surface area contributed by atoms with Crippen LogP contribution in [0, 0.1) is 11.3 Å². The third-order valence-electron chi connectivity index (χ3n) is 4.66. The molecule has 0 aromatic heterocycles. The molecule has 0 unspecified atom stereocenters. The molecule has 0 amide bonds. The fourth-order valence-electron chi connectivity index (χ4n) is 3.48. The zero-order chi connectivity index (χ0) is 13.7. The summed E-state index contributed by atoms with van der Waals surface area (Å²) >= 11 is 0. The predicted molar refractivity (Wildman–Crippen MR) is 78.9 cm³/mol. The van der Waals surface area contributed by atoms with Gasteiger partial charge >= 0.3 is 0 Å². The monoisotopic (exact) mass is 256 g/mol. The van der Waals surface area contributed by atoms with Gasteiger partial charge in [0.05, 0.1) is 6.07 Å². The Morgan fingerprint density at radius 2 is 1.74 bits per heavy atom. The molecular formula is C17H24N2. The zero-order valence-electron chi connectivity index (χ0n) is 12.1. The van der Waals surface area contributed by atoms with E-state index in [0.29, 0.717) is 5.92 Å². The number of benzene rings is 1. The molecule has 0 atom stereocenters. The van der Waals surface area contributed by atoms with Crippen molar-refractivity contribution in [2.45, 2.75) is 51.0 Å². The zero-order valence-corrected chi connectivity index (χ0v) is 12.1. The summed E-state index contributed by atoms with van der Waals surface area (Å²) in [5.74, 6) is 0.637. The number of nitrogens with zero attached hydrogens (tertiary/aromatic N) is 2. The van der Waals surface area contributed by atoms with E-state index in [1.807, 2.05) is 0 Å². The second-order valence-corrected chi connectivity index (χ2v) is 5.50. The van der Waals surface area contributed by atoms with Crippen molar-refractivity contribution in [3.63, 3.8) is 0 Å². The molecule has 1 saturated carbocycles. The highest BCUT2D eigenvalue weighted by molar-refractivity contribution is 5.22. The van der Waals surface area contributed by atoms with Gasteiger partial charge in [0.1, 0.15) is 5.54 Å². The quantitative estimate of drug-likeness (QED) is 0.815. The highest BCUT2D eigenvalue weighted by atomic mass is 15.2. The van der Waals surface area contributed by atoms with Crippen LogP contribution in [0.1, 0.15) is 51.0 Å². The summed E-state index contributed by atoms with van der Waals surface area (Å²) in [6, 6.07) is 13.4. The van der Waals surface area contributed by atoms with Gasteiger partial charge in [0.15, 0.2) is 0 Å². The summed E-state index contributed by atoms with van der Waals surface area (Å²) < 4.78 is 0. The van der Waals surface area contributed by atoms with Crippen molar-refractivity contribution in [1.29, 1.82) is 5.26 Å². The molecule has 1 aromatic carbocycles. The fraction of sp³-hybridized carbons (Fsp3) is 0.588. The second-order valence-electron chi connectivity index (χ2n) is 5.50. The highest BCUT2D eigenvalue weighted by Crippen LogP contribution is 2.40. The summed E-state index contributed by atoms with van der Waals surface area (Å²) in [6.07, 6.45) is 4.28. The van der Waals surface area contributed by atoms with Crippen molar-refractivity contribution >= 4 is 0 Å². The summed E-state index contributed by atoms with van der Waals surface area (Å²) in [5, 5.41) is 9.64. The van der Waals surface area contributed by atoms with E-state index in [2.05, 4.69) is 55.1 Å². The van der Waals surface area contributed by atoms with Crippen molar-refractivity contribution < 1.29 is 0 Å². The minimum absolute atomic E-state index is 0.214. The Balaban J connectivity index is 2.07. The van der Waals surface area contributed by atoms with E-state index < -0.39 is 0 Å². The van der Waals surface area contributed by atoms with Crippen LogP contribution in [0.25, 0.3) is 0 Å². The van der Waals surface area contributed by atoms with Gasteiger partial charge in [-0.2, -0.15) is 5.26 Å². The summed E-state index contributed by atoms with van der Waals surface area (Å²) in [4.78, 5) is 2.34. The molecule has 2 rings (SSSR count). The molecule has 0 heterocycles. The molecule has 2 heteroatoms. The molecule has 0 N–H and O–H groups in total. The van der Waals surface area contributed by atoms with Crippen LogP contribution in [0.5, 0.6) is 0 Å². The van der Waals surface area contributed by atoms with Gasteiger partial charge in [0, 0.05) is 0 Å². The molecular weight excluding hydrogens is 232 g/mol. The maximum atomic E-state index is 9.64. The molecule has 1 aromatic rings. The van der Waals surface area contributed by atoms with E-state index in [0.717, 1.165) is 38.8 Å². The predicted octanol–water partition coefficient (Wildman–Crippen LogP) is 3.95. The Labute approximate surface area is 117 Å². The van der Waals surface area contributed by atoms with Gasteiger partial charge in [-0.25, -0.2) is 0 Å². The van der Waals surface area contributed by atoms with Gasteiger partial charge in [0.2, 0.25) is 0 Å². The SMILES string of the molecule is CCN(CC)C1(C#N)CCC(c2ccccc2)CC1. The first-order valence-corrected chi connectivity index (χ1v) is 7.47. The maximum absolute atomic E-state index is 9.64. The summed E-state index contributed by atoms with van der Waals surface area (Å²) in [6.45, 7) is 6.26.